The van der Waals surface area contributed by atoms with Gasteiger partial charge in [-0.1, -0.05) is 6.07 Å². The zero-order valence-corrected chi connectivity index (χ0v) is 18.3. The lowest BCUT2D eigenvalue weighted by atomic mass is 10.1. The van der Waals surface area contributed by atoms with E-state index in [-0.39, 0.29) is 11.7 Å². The van der Waals surface area contributed by atoms with Crippen molar-refractivity contribution in [2.45, 2.75) is 27.7 Å². The zero-order chi connectivity index (χ0) is 22.8. The molecule has 32 heavy (non-hydrogen) atoms. The van der Waals surface area contributed by atoms with Gasteiger partial charge in [0.15, 0.2) is 0 Å². The Morgan fingerprint density at radius 1 is 1.06 bits per heavy atom. The maximum absolute atomic E-state index is 13.2. The Morgan fingerprint density at radius 2 is 1.81 bits per heavy atom. The van der Waals surface area contributed by atoms with Crippen LogP contribution in [0.1, 0.15) is 28.4 Å². The summed E-state index contributed by atoms with van der Waals surface area (Å²) in [5.74, 6) is 0.717. The van der Waals surface area contributed by atoms with Crippen molar-refractivity contribution < 1.29 is 13.6 Å². The van der Waals surface area contributed by atoms with E-state index in [9.17, 15) is 9.18 Å². The van der Waals surface area contributed by atoms with Gasteiger partial charge in [-0.2, -0.15) is 5.10 Å². The van der Waals surface area contributed by atoms with Crippen molar-refractivity contribution in [3.05, 3.63) is 88.8 Å². The quantitative estimate of drug-likeness (QED) is 0.421. The van der Waals surface area contributed by atoms with Crippen molar-refractivity contribution in [3.8, 4) is 17.1 Å². The smallest absolute Gasteiger partial charge is 0.248 e. The lowest BCUT2D eigenvalue weighted by Gasteiger charge is -2.05. The van der Waals surface area contributed by atoms with Gasteiger partial charge in [-0.05, 0) is 76.2 Å². The molecule has 0 radical (unpaired) electrons. The Balaban J connectivity index is 1.51. The normalized spacial score (nSPS) is 11.3. The Morgan fingerprint density at radius 3 is 2.50 bits per heavy atom. The molecule has 0 aliphatic rings. The third-order valence-electron chi connectivity index (χ3n) is 5.23. The van der Waals surface area contributed by atoms with Gasteiger partial charge in [0.25, 0.3) is 0 Å². The van der Waals surface area contributed by atoms with Gasteiger partial charge < -0.3 is 9.73 Å². The van der Waals surface area contributed by atoms with Gasteiger partial charge >= 0.3 is 0 Å². The van der Waals surface area contributed by atoms with Crippen molar-refractivity contribution in [3.63, 3.8) is 0 Å². The molecule has 0 bridgehead atoms. The van der Waals surface area contributed by atoms with Crippen molar-refractivity contribution in [2.24, 2.45) is 0 Å². The number of aryl methyl sites for hydroxylation is 3. The molecule has 1 amide bonds. The van der Waals surface area contributed by atoms with Crippen LogP contribution in [-0.4, -0.2) is 20.7 Å². The number of benzene rings is 2. The van der Waals surface area contributed by atoms with E-state index < -0.39 is 0 Å². The highest BCUT2D eigenvalue weighted by Gasteiger charge is 2.12. The molecule has 0 fully saturated rings. The van der Waals surface area contributed by atoms with Crippen LogP contribution in [0.5, 0.6) is 0 Å². The number of anilines is 1. The van der Waals surface area contributed by atoms with Gasteiger partial charge in [0.05, 0.1) is 17.1 Å². The number of carbonyl (C=O) groups excluding carboxylic acids is 1. The first kappa shape index (κ1) is 21.2. The number of rotatable bonds is 5. The second-order valence-corrected chi connectivity index (χ2v) is 7.54. The number of hydrogen-bond acceptors (Lipinski definition) is 4. The van der Waals surface area contributed by atoms with Gasteiger partial charge in [0.2, 0.25) is 11.8 Å². The van der Waals surface area contributed by atoms with Crippen LogP contribution in [-0.2, 0) is 4.79 Å². The van der Waals surface area contributed by atoms with Crippen LogP contribution in [0.3, 0.4) is 0 Å². The molecule has 4 aromatic rings. The van der Waals surface area contributed by atoms with Crippen molar-refractivity contribution in [1.82, 2.24) is 14.8 Å². The van der Waals surface area contributed by atoms with Gasteiger partial charge in [0.1, 0.15) is 11.6 Å². The molecule has 0 aliphatic carbocycles. The number of halogens is 1. The number of hydrogen-bond donors (Lipinski definition) is 1. The Hall–Kier alpha value is -4.00. The average Bonchev–Trinajstić information content (AvgIpc) is 3.25. The second kappa shape index (κ2) is 8.63. The SMILES string of the molecule is Cc1nc(-c2cccc(NC(=O)/C=C/c3c(C)nn(-c4ccc(F)cc4)c3C)c2)oc1C. The molecule has 2 heterocycles. The highest BCUT2D eigenvalue weighted by Crippen LogP contribution is 2.24. The lowest BCUT2D eigenvalue weighted by Crippen LogP contribution is -2.07. The Labute approximate surface area is 185 Å². The predicted octanol–water partition coefficient (Wildman–Crippen LogP) is 5.55. The summed E-state index contributed by atoms with van der Waals surface area (Å²) in [5, 5.41) is 7.38. The van der Waals surface area contributed by atoms with E-state index >= 15 is 0 Å². The summed E-state index contributed by atoms with van der Waals surface area (Å²) in [6, 6.07) is 13.5. The van der Waals surface area contributed by atoms with E-state index in [0.29, 0.717) is 11.6 Å². The summed E-state index contributed by atoms with van der Waals surface area (Å²) in [6.45, 7) is 7.53. The molecule has 1 N–H and O–H groups in total. The Bertz CT molecular complexity index is 1300. The number of carbonyl (C=O) groups is 1. The summed E-state index contributed by atoms with van der Waals surface area (Å²) < 4.78 is 20.6. The molecule has 162 valence electrons. The minimum absolute atomic E-state index is 0.268. The molecule has 6 nitrogen and oxygen atoms in total. The maximum Gasteiger partial charge on any atom is 0.248 e. The largest absolute Gasteiger partial charge is 0.441 e. The summed E-state index contributed by atoms with van der Waals surface area (Å²) in [5.41, 5.74) is 5.48. The maximum atomic E-state index is 13.2. The van der Waals surface area contributed by atoms with Crippen LogP contribution in [0.25, 0.3) is 23.2 Å². The highest BCUT2D eigenvalue weighted by molar-refractivity contribution is 6.02. The van der Waals surface area contributed by atoms with Crippen molar-refractivity contribution >= 4 is 17.7 Å². The summed E-state index contributed by atoms with van der Waals surface area (Å²) >= 11 is 0. The van der Waals surface area contributed by atoms with E-state index in [1.807, 2.05) is 45.9 Å². The summed E-state index contributed by atoms with van der Waals surface area (Å²) in [7, 11) is 0. The average molecular weight is 430 g/mol. The number of nitrogens with zero attached hydrogens (tertiary/aromatic N) is 3. The van der Waals surface area contributed by atoms with Crippen LogP contribution in [0.15, 0.2) is 59.0 Å². The molecule has 0 saturated heterocycles. The topological polar surface area (TPSA) is 73.0 Å². The molecular formula is C25H23FN4O2. The van der Waals surface area contributed by atoms with Gasteiger partial charge in [-0.15, -0.1) is 0 Å². The van der Waals surface area contributed by atoms with Crippen LogP contribution >= 0.6 is 0 Å². The number of amides is 1. The van der Waals surface area contributed by atoms with Crippen LogP contribution in [0, 0.1) is 33.5 Å². The van der Waals surface area contributed by atoms with Gasteiger partial charge in [-0.3, -0.25) is 4.79 Å². The Kier molecular flexibility index (Phi) is 5.73. The monoisotopic (exact) mass is 430 g/mol. The van der Waals surface area contributed by atoms with Crippen molar-refractivity contribution in [2.75, 3.05) is 5.32 Å². The molecule has 0 spiro atoms. The molecule has 2 aromatic carbocycles. The molecular weight excluding hydrogens is 407 g/mol. The summed E-state index contributed by atoms with van der Waals surface area (Å²) in [4.78, 5) is 16.9. The fourth-order valence-electron chi connectivity index (χ4n) is 3.40. The van der Waals surface area contributed by atoms with E-state index in [0.717, 1.165) is 39.7 Å². The second-order valence-electron chi connectivity index (χ2n) is 7.54. The molecule has 4 rings (SSSR count). The van der Waals surface area contributed by atoms with Crippen LogP contribution in [0.4, 0.5) is 10.1 Å². The molecule has 0 saturated carbocycles. The van der Waals surface area contributed by atoms with Gasteiger partial charge in [0, 0.05) is 28.6 Å². The summed E-state index contributed by atoms with van der Waals surface area (Å²) in [6.07, 6.45) is 3.20. The van der Waals surface area contributed by atoms with E-state index in [4.69, 9.17) is 4.42 Å². The van der Waals surface area contributed by atoms with Crippen LogP contribution in [0.2, 0.25) is 0 Å². The minimum atomic E-state index is -0.302. The number of oxazole rings is 1. The van der Waals surface area contributed by atoms with Crippen LogP contribution < -0.4 is 5.32 Å². The minimum Gasteiger partial charge on any atom is -0.441 e. The predicted molar refractivity (Wildman–Crippen MR) is 122 cm³/mol. The molecule has 0 aliphatic heterocycles. The molecule has 2 aromatic heterocycles. The number of aromatic nitrogens is 3. The third-order valence-corrected chi connectivity index (χ3v) is 5.23. The first-order valence-corrected chi connectivity index (χ1v) is 10.2. The van der Waals surface area contributed by atoms with Gasteiger partial charge in [-0.25, -0.2) is 14.1 Å². The molecule has 0 atom stereocenters. The lowest BCUT2D eigenvalue weighted by molar-refractivity contribution is -0.111. The molecule has 0 unspecified atom stereocenters. The van der Waals surface area contributed by atoms with E-state index in [1.54, 1.807) is 29.0 Å². The fraction of sp³-hybridized carbons (Fsp3) is 0.160. The van der Waals surface area contributed by atoms with E-state index in [1.165, 1.54) is 18.2 Å². The first-order valence-electron chi connectivity index (χ1n) is 10.2. The molecule has 7 heteroatoms. The number of nitrogens with one attached hydrogen (secondary N) is 1. The fourth-order valence-corrected chi connectivity index (χ4v) is 3.40. The highest BCUT2D eigenvalue weighted by atomic mass is 19.1. The van der Waals surface area contributed by atoms with Crippen molar-refractivity contribution in [1.29, 1.82) is 0 Å². The first-order chi connectivity index (χ1) is 15.3. The van der Waals surface area contributed by atoms with E-state index in [2.05, 4.69) is 15.4 Å². The standard InChI is InChI=1S/C25H23FN4O2/c1-15-18(4)32-25(27-15)19-6-5-7-21(14-19)28-24(31)13-12-23-16(2)29-30(17(23)3)22-10-8-20(26)9-11-22/h5-14H,1-4H3,(H,28,31)/b13-12+. The zero-order valence-electron chi connectivity index (χ0n) is 18.3. The third kappa shape index (κ3) is 4.37.